The average Bonchev–Trinajstić information content (AvgIpc) is 3.23. The number of carbonyl (C=O) groups excluding carboxylic acids is 1. The van der Waals surface area contributed by atoms with Gasteiger partial charge in [-0.25, -0.2) is 4.98 Å². The van der Waals surface area contributed by atoms with Crippen LogP contribution in [0.4, 0.5) is 5.13 Å². The summed E-state index contributed by atoms with van der Waals surface area (Å²) >= 11 is 8.83. The van der Waals surface area contributed by atoms with E-state index in [2.05, 4.69) is 10.3 Å². The molecule has 0 saturated heterocycles. The quantitative estimate of drug-likeness (QED) is 0.485. The zero-order chi connectivity index (χ0) is 16.5. The maximum Gasteiger partial charge on any atom is 0.258 e. The molecule has 0 radical (unpaired) electrons. The molecule has 2 aromatic carbocycles. The normalized spacial score (nSPS) is 10.9. The first-order valence-electron chi connectivity index (χ1n) is 7.21. The van der Waals surface area contributed by atoms with Crippen molar-refractivity contribution in [2.75, 3.05) is 5.32 Å². The zero-order valence-electron chi connectivity index (χ0n) is 12.3. The lowest BCUT2D eigenvalue weighted by Crippen LogP contribution is -2.12. The van der Waals surface area contributed by atoms with Gasteiger partial charge in [-0.1, -0.05) is 48.0 Å². The van der Waals surface area contributed by atoms with E-state index in [1.165, 1.54) is 22.7 Å². The highest BCUT2D eigenvalue weighted by Crippen LogP contribution is 2.33. The molecular weight excluding hydrogens is 360 g/mol. The van der Waals surface area contributed by atoms with Gasteiger partial charge in [-0.05, 0) is 29.0 Å². The predicted octanol–water partition coefficient (Wildman–Crippen LogP) is 5.93. The molecule has 1 N–H and O–H groups in total. The Hall–Kier alpha value is -2.21. The van der Waals surface area contributed by atoms with Gasteiger partial charge in [0.2, 0.25) is 0 Å². The number of benzene rings is 2. The number of anilines is 1. The summed E-state index contributed by atoms with van der Waals surface area (Å²) in [6.07, 6.45) is 0. The van der Waals surface area contributed by atoms with E-state index in [0.717, 1.165) is 25.7 Å². The van der Waals surface area contributed by atoms with E-state index in [9.17, 15) is 4.79 Å². The highest BCUT2D eigenvalue weighted by atomic mass is 35.5. The van der Waals surface area contributed by atoms with Gasteiger partial charge in [0, 0.05) is 10.9 Å². The second-order valence-corrected chi connectivity index (χ2v) is 7.70. The number of amides is 1. The largest absolute Gasteiger partial charge is 0.298 e. The molecule has 4 rings (SSSR count). The van der Waals surface area contributed by atoms with E-state index < -0.39 is 0 Å². The van der Waals surface area contributed by atoms with Crippen molar-refractivity contribution in [3.05, 3.63) is 69.9 Å². The Labute approximate surface area is 151 Å². The van der Waals surface area contributed by atoms with E-state index in [-0.39, 0.29) is 5.91 Å². The number of thiophene rings is 1. The monoisotopic (exact) mass is 370 g/mol. The third-order valence-corrected chi connectivity index (χ3v) is 5.60. The van der Waals surface area contributed by atoms with Crippen LogP contribution >= 0.6 is 34.3 Å². The summed E-state index contributed by atoms with van der Waals surface area (Å²) in [6, 6.07) is 17.3. The third-order valence-electron chi connectivity index (χ3n) is 3.58. The average molecular weight is 371 g/mol. The molecule has 6 heteroatoms. The smallest absolute Gasteiger partial charge is 0.258 e. The Morgan fingerprint density at radius 2 is 1.88 bits per heavy atom. The summed E-state index contributed by atoms with van der Waals surface area (Å²) in [5, 5.41) is 7.35. The number of thiazole rings is 1. The summed E-state index contributed by atoms with van der Waals surface area (Å²) in [5.41, 5.74) is 1.47. The van der Waals surface area contributed by atoms with Crippen molar-refractivity contribution in [1.82, 2.24) is 4.98 Å². The SMILES string of the molecule is O=C(Nc1nc(-c2ccc(Cl)s2)cs1)c1cccc2ccccc12. The highest BCUT2D eigenvalue weighted by Gasteiger charge is 2.13. The van der Waals surface area contributed by atoms with E-state index in [0.29, 0.717) is 10.7 Å². The van der Waals surface area contributed by atoms with Crippen molar-refractivity contribution in [3.63, 3.8) is 0 Å². The highest BCUT2D eigenvalue weighted by molar-refractivity contribution is 7.20. The molecule has 0 bridgehead atoms. The number of rotatable bonds is 3. The van der Waals surface area contributed by atoms with Crippen LogP contribution in [0.3, 0.4) is 0 Å². The molecule has 0 saturated carbocycles. The van der Waals surface area contributed by atoms with Crippen LogP contribution in [0, 0.1) is 0 Å². The van der Waals surface area contributed by atoms with Gasteiger partial charge in [-0.3, -0.25) is 10.1 Å². The first kappa shape index (κ1) is 15.3. The predicted molar refractivity (Wildman–Crippen MR) is 102 cm³/mol. The van der Waals surface area contributed by atoms with Crippen LogP contribution in [0.1, 0.15) is 10.4 Å². The minimum absolute atomic E-state index is 0.156. The van der Waals surface area contributed by atoms with Crippen molar-refractivity contribution >= 4 is 56.1 Å². The van der Waals surface area contributed by atoms with Crippen molar-refractivity contribution < 1.29 is 4.79 Å². The number of nitrogens with one attached hydrogen (secondary N) is 1. The van der Waals surface area contributed by atoms with Gasteiger partial charge in [0.1, 0.15) is 0 Å². The number of fused-ring (bicyclic) bond motifs is 1. The van der Waals surface area contributed by atoms with Crippen molar-refractivity contribution in [1.29, 1.82) is 0 Å². The van der Waals surface area contributed by atoms with E-state index in [1.54, 1.807) is 0 Å². The summed E-state index contributed by atoms with van der Waals surface area (Å²) in [5.74, 6) is -0.156. The summed E-state index contributed by atoms with van der Waals surface area (Å²) < 4.78 is 0.722. The van der Waals surface area contributed by atoms with Gasteiger partial charge in [0.25, 0.3) is 5.91 Å². The van der Waals surface area contributed by atoms with Gasteiger partial charge in [0.15, 0.2) is 5.13 Å². The molecule has 4 aromatic rings. The maximum absolute atomic E-state index is 12.6. The molecule has 1 amide bonds. The number of carbonyl (C=O) groups is 1. The molecule has 2 heterocycles. The first-order chi connectivity index (χ1) is 11.7. The van der Waals surface area contributed by atoms with E-state index >= 15 is 0 Å². The van der Waals surface area contributed by atoms with Crippen LogP contribution in [0.5, 0.6) is 0 Å². The van der Waals surface area contributed by atoms with Crippen LogP contribution in [0.15, 0.2) is 60.0 Å². The first-order valence-corrected chi connectivity index (χ1v) is 9.28. The van der Waals surface area contributed by atoms with Crippen LogP contribution in [0.2, 0.25) is 4.34 Å². The molecule has 0 spiro atoms. The van der Waals surface area contributed by atoms with Crippen molar-refractivity contribution in [3.8, 4) is 10.6 Å². The number of nitrogens with zero attached hydrogens (tertiary/aromatic N) is 1. The summed E-state index contributed by atoms with van der Waals surface area (Å²) in [6.45, 7) is 0. The molecule has 0 aliphatic carbocycles. The Bertz CT molecular complexity index is 1030. The Morgan fingerprint density at radius 1 is 1.04 bits per heavy atom. The molecule has 0 aliphatic rings. The third kappa shape index (κ3) is 2.94. The molecule has 118 valence electrons. The minimum Gasteiger partial charge on any atom is -0.298 e. The molecule has 24 heavy (non-hydrogen) atoms. The number of aromatic nitrogens is 1. The molecule has 0 atom stereocenters. The summed E-state index contributed by atoms with van der Waals surface area (Å²) in [4.78, 5) is 18.1. The Morgan fingerprint density at radius 3 is 2.71 bits per heavy atom. The second kappa shape index (κ2) is 6.36. The molecule has 2 aromatic heterocycles. The van der Waals surface area contributed by atoms with Gasteiger partial charge < -0.3 is 0 Å². The lowest BCUT2D eigenvalue weighted by Gasteiger charge is -2.05. The van der Waals surface area contributed by atoms with Gasteiger partial charge in [-0.2, -0.15) is 0 Å². The maximum atomic E-state index is 12.6. The fraction of sp³-hybridized carbons (Fsp3) is 0. The van der Waals surface area contributed by atoms with Crippen molar-refractivity contribution in [2.24, 2.45) is 0 Å². The molecular formula is C18H11ClN2OS2. The minimum atomic E-state index is -0.156. The number of hydrogen-bond donors (Lipinski definition) is 1. The Kier molecular flexibility index (Phi) is 4.06. The van der Waals surface area contributed by atoms with Gasteiger partial charge >= 0.3 is 0 Å². The second-order valence-electron chi connectivity index (χ2n) is 5.12. The standard InChI is InChI=1S/C18H11ClN2OS2/c19-16-9-8-15(24-16)14-10-23-18(20-14)21-17(22)13-7-3-5-11-4-1-2-6-12(11)13/h1-10H,(H,20,21,22). The van der Waals surface area contributed by atoms with Crippen LogP contribution in [0.25, 0.3) is 21.3 Å². The molecule has 3 nitrogen and oxygen atoms in total. The van der Waals surface area contributed by atoms with E-state index in [1.807, 2.05) is 60.0 Å². The lowest BCUT2D eigenvalue weighted by molar-refractivity contribution is 0.102. The van der Waals surface area contributed by atoms with Crippen LogP contribution < -0.4 is 5.32 Å². The topological polar surface area (TPSA) is 42.0 Å². The number of halogens is 1. The molecule has 0 aliphatic heterocycles. The summed E-state index contributed by atoms with van der Waals surface area (Å²) in [7, 11) is 0. The van der Waals surface area contributed by atoms with E-state index in [4.69, 9.17) is 11.6 Å². The zero-order valence-corrected chi connectivity index (χ0v) is 14.7. The Balaban J connectivity index is 1.61. The molecule has 0 fully saturated rings. The van der Waals surface area contributed by atoms with Crippen LogP contribution in [-0.4, -0.2) is 10.9 Å². The van der Waals surface area contributed by atoms with Gasteiger partial charge in [-0.15, -0.1) is 22.7 Å². The van der Waals surface area contributed by atoms with Gasteiger partial charge in [0.05, 0.1) is 14.9 Å². The van der Waals surface area contributed by atoms with Crippen molar-refractivity contribution in [2.45, 2.75) is 0 Å². The number of hydrogen-bond acceptors (Lipinski definition) is 4. The fourth-order valence-electron chi connectivity index (χ4n) is 2.48. The van der Waals surface area contributed by atoms with Crippen LogP contribution in [-0.2, 0) is 0 Å². The molecule has 0 unspecified atom stereocenters. The fourth-order valence-corrected chi connectivity index (χ4v) is 4.27. The lowest BCUT2D eigenvalue weighted by atomic mass is 10.0.